The zero-order chi connectivity index (χ0) is 13.8. The molecule has 0 spiro atoms. The number of hydrogen-bond donors (Lipinski definition) is 3. The lowest BCUT2D eigenvalue weighted by molar-refractivity contribution is 0.0633. The van der Waals surface area contributed by atoms with E-state index in [0.29, 0.717) is 22.0 Å². The molecular weight excluding hydrogens is 274 g/mol. The molecule has 0 radical (unpaired) electrons. The third kappa shape index (κ3) is 2.98. The zero-order valence-corrected chi connectivity index (χ0v) is 10.3. The third-order valence-corrected chi connectivity index (χ3v) is 2.72. The summed E-state index contributed by atoms with van der Waals surface area (Å²) in [5.74, 6) is 0.364. The van der Waals surface area contributed by atoms with Gasteiger partial charge in [0, 0.05) is 5.56 Å². The molecule has 0 unspecified atom stereocenters. The maximum absolute atomic E-state index is 10.7. The average molecular weight is 284 g/mol. The first-order valence-corrected chi connectivity index (χ1v) is 5.60. The van der Waals surface area contributed by atoms with E-state index >= 15 is 0 Å². The first kappa shape index (κ1) is 13.2. The molecule has 0 bridgehead atoms. The van der Waals surface area contributed by atoms with Crippen molar-refractivity contribution in [3.8, 4) is 11.4 Å². The van der Waals surface area contributed by atoms with Crippen LogP contribution < -0.4 is 5.73 Å². The summed E-state index contributed by atoms with van der Waals surface area (Å²) >= 11 is 6.03. The normalized spacial score (nSPS) is 12.1. The fourth-order valence-electron chi connectivity index (χ4n) is 1.55. The summed E-state index contributed by atoms with van der Waals surface area (Å²) in [6, 6.07) is 4.80. The van der Waals surface area contributed by atoms with Crippen LogP contribution in [-0.4, -0.2) is 38.4 Å². The predicted octanol–water partition coefficient (Wildman–Crippen LogP) is 0.649. The van der Waals surface area contributed by atoms with Crippen molar-refractivity contribution in [2.24, 2.45) is 5.73 Å². The molecule has 1 heterocycles. The van der Waals surface area contributed by atoms with Crippen LogP contribution in [0.25, 0.3) is 11.4 Å². The smallest absolute Gasteiger partial charge is 0.405 e. The van der Waals surface area contributed by atoms with Gasteiger partial charge in [0.15, 0.2) is 11.9 Å². The van der Waals surface area contributed by atoms with Gasteiger partial charge in [-0.05, 0) is 28.1 Å². The van der Waals surface area contributed by atoms with E-state index < -0.39 is 18.8 Å². The summed E-state index contributed by atoms with van der Waals surface area (Å²) in [5.41, 5.74) is 5.98. The molecule has 4 N–H and O–H groups in total. The molecule has 19 heavy (non-hydrogen) atoms. The highest BCUT2D eigenvalue weighted by Crippen LogP contribution is 2.29. The van der Waals surface area contributed by atoms with E-state index in [0.717, 1.165) is 0 Å². The van der Waals surface area contributed by atoms with Crippen LogP contribution in [0.15, 0.2) is 18.2 Å². The molecular formula is C10H10ClN5O3. The number of nitrogens with zero attached hydrogens (tertiary/aromatic N) is 3. The second-order valence-corrected chi connectivity index (χ2v) is 4.00. The van der Waals surface area contributed by atoms with Crippen molar-refractivity contribution in [3.05, 3.63) is 28.8 Å². The second-order valence-electron chi connectivity index (χ2n) is 3.60. The monoisotopic (exact) mass is 283 g/mol. The third-order valence-electron chi connectivity index (χ3n) is 2.39. The number of hydrogen-bond acceptors (Lipinski definition) is 6. The standard InChI is InChI=1S/C10H10ClN5O3/c11-7-2-1-5(8(4-17)19-10(12)18)3-6(7)9-13-15-16-14-9/h1-3,8,17H,4H2,(H2,12,18)(H,13,14,15,16)/t8-/m1/s1. The molecule has 0 fully saturated rings. The fourth-order valence-corrected chi connectivity index (χ4v) is 1.76. The number of tetrazole rings is 1. The van der Waals surface area contributed by atoms with E-state index in [2.05, 4.69) is 20.6 Å². The van der Waals surface area contributed by atoms with Gasteiger partial charge in [-0.15, -0.1) is 5.10 Å². The van der Waals surface area contributed by atoms with E-state index in [4.69, 9.17) is 22.1 Å². The van der Waals surface area contributed by atoms with Crippen LogP contribution in [0, 0.1) is 0 Å². The van der Waals surface area contributed by atoms with Gasteiger partial charge >= 0.3 is 6.09 Å². The molecule has 0 aliphatic carbocycles. The van der Waals surface area contributed by atoms with Gasteiger partial charge in [-0.25, -0.2) is 9.89 Å². The number of primary amides is 1. The summed E-state index contributed by atoms with van der Waals surface area (Å²) < 4.78 is 4.78. The van der Waals surface area contributed by atoms with Crippen LogP contribution in [0.2, 0.25) is 5.02 Å². The highest BCUT2D eigenvalue weighted by atomic mass is 35.5. The van der Waals surface area contributed by atoms with Gasteiger partial charge in [-0.1, -0.05) is 17.7 Å². The molecule has 1 aromatic heterocycles. The number of aliphatic hydroxyl groups excluding tert-OH is 1. The number of nitrogens with two attached hydrogens (primary N) is 1. The Bertz CT molecular complexity index is 575. The summed E-state index contributed by atoms with van der Waals surface area (Å²) in [7, 11) is 0. The minimum Gasteiger partial charge on any atom is -0.439 e. The Morgan fingerprint density at radius 2 is 2.37 bits per heavy atom. The van der Waals surface area contributed by atoms with E-state index in [1.54, 1.807) is 18.2 Å². The minimum atomic E-state index is -0.975. The van der Waals surface area contributed by atoms with Gasteiger partial charge in [0.05, 0.1) is 11.6 Å². The highest BCUT2D eigenvalue weighted by molar-refractivity contribution is 6.33. The van der Waals surface area contributed by atoms with Crippen molar-refractivity contribution in [1.29, 1.82) is 0 Å². The van der Waals surface area contributed by atoms with Crippen LogP contribution in [0.1, 0.15) is 11.7 Å². The van der Waals surface area contributed by atoms with Crippen LogP contribution in [0.3, 0.4) is 0 Å². The Hall–Kier alpha value is -2.19. The first-order chi connectivity index (χ1) is 9.11. The topological polar surface area (TPSA) is 127 Å². The Kier molecular flexibility index (Phi) is 3.93. The second kappa shape index (κ2) is 5.63. The average Bonchev–Trinajstić information content (AvgIpc) is 2.90. The maximum Gasteiger partial charge on any atom is 0.405 e. The number of aromatic amines is 1. The maximum atomic E-state index is 10.7. The highest BCUT2D eigenvalue weighted by Gasteiger charge is 2.17. The molecule has 1 aromatic carbocycles. The number of H-pyrrole nitrogens is 1. The number of ether oxygens (including phenoxy) is 1. The van der Waals surface area contributed by atoms with Crippen LogP contribution in [0.5, 0.6) is 0 Å². The Balaban J connectivity index is 2.37. The Morgan fingerprint density at radius 3 is 2.95 bits per heavy atom. The molecule has 0 aliphatic heterocycles. The Morgan fingerprint density at radius 1 is 1.58 bits per heavy atom. The van der Waals surface area contributed by atoms with Crippen molar-refractivity contribution in [2.45, 2.75) is 6.10 Å². The Labute approximate surface area is 112 Å². The molecule has 1 amide bonds. The molecule has 2 aromatic rings. The van der Waals surface area contributed by atoms with Crippen molar-refractivity contribution < 1.29 is 14.6 Å². The van der Waals surface area contributed by atoms with E-state index in [1.165, 1.54) is 0 Å². The molecule has 0 aliphatic rings. The molecule has 1 atom stereocenters. The van der Waals surface area contributed by atoms with Crippen LogP contribution in [0.4, 0.5) is 4.79 Å². The van der Waals surface area contributed by atoms with Gasteiger partial charge in [0.25, 0.3) is 0 Å². The lowest BCUT2D eigenvalue weighted by atomic mass is 10.1. The molecule has 9 heteroatoms. The fraction of sp³-hybridized carbons (Fsp3) is 0.200. The van der Waals surface area contributed by atoms with Crippen molar-refractivity contribution in [1.82, 2.24) is 20.6 Å². The van der Waals surface area contributed by atoms with E-state index in [9.17, 15) is 9.90 Å². The molecule has 0 saturated carbocycles. The number of benzene rings is 1. The summed E-state index contributed by atoms with van der Waals surface area (Å²) in [6.45, 7) is -0.404. The van der Waals surface area contributed by atoms with Crippen molar-refractivity contribution in [3.63, 3.8) is 0 Å². The van der Waals surface area contributed by atoms with Gasteiger partial charge in [-0.2, -0.15) is 0 Å². The van der Waals surface area contributed by atoms with Gasteiger partial charge in [-0.3, -0.25) is 0 Å². The minimum absolute atomic E-state index is 0.364. The largest absolute Gasteiger partial charge is 0.439 e. The zero-order valence-electron chi connectivity index (χ0n) is 9.58. The summed E-state index contributed by atoms with van der Waals surface area (Å²) in [4.78, 5) is 10.7. The van der Waals surface area contributed by atoms with E-state index in [-0.39, 0.29) is 0 Å². The number of carbonyl (C=O) groups is 1. The number of rotatable bonds is 4. The molecule has 0 saturated heterocycles. The number of carbonyl (C=O) groups excluding carboxylic acids is 1. The molecule has 8 nitrogen and oxygen atoms in total. The number of halogens is 1. The lowest BCUT2D eigenvalue weighted by Gasteiger charge is -2.15. The number of amides is 1. The quantitative estimate of drug-likeness (QED) is 0.756. The molecule has 100 valence electrons. The SMILES string of the molecule is NC(=O)O[C@H](CO)c1ccc(Cl)c(-c2nnn[nH]2)c1. The van der Waals surface area contributed by atoms with Crippen LogP contribution >= 0.6 is 11.6 Å². The number of aromatic nitrogens is 4. The van der Waals surface area contributed by atoms with Crippen molar-refractivity contribution >= 4 is 17.7 Å². The summed E-state index contributed by atoms with van der Waals surface area (Å²) in [6.07, 6.45) is -1.85. The number of aliphatic hydroxyl groups is 1. The van der Waals surface area contributed by atoms with E-state index in [1.807, 2.05) is 0 Å². The first-order valence-electron chi connectivity index (χ1n) is 5.22. The van der Waals surface area contributed by atoms with Gasteiger partial charge in [0.1, 0.15) is 0 Å². The molecule has 2 rings (SSSR count). The summed E-state index contributed by atoms with van der Waals surface area (Å²) in [5, 5.41) is 22.8. The van der Waals surface area contributed by atoms with Gasteiger partial charge in [0.2, 0.25) is 0 Å². The lowest BCUT2D eigenvalue weighted by Crippen LogP contribution is -2.19. The number of nitrogens with one attached hydrogen (secondary N) is 1. The van der Waals surface area contributed by atoms with Crippen LogP contribution in [-0.2, 0) is 4.74 Å². The predicted molar refractivity (Wildman–Crippen MR) is 65.1 cm³/mol. The van der Waals surface area contributed by atoms with Crippen molar-refractivity contribution in [2.75, 3.05) is 6.61 Å². The van der Waals surface area contributed by atoms with Gasteiger partial charge < -0.3 is 15.6 Å².